The molecule has 8 nitrogen and oxygen atoms in total. The minimum atomic E-state index is -3.64. The number of sulfonamides is 1. The van der Waals surface area contributed by atoms with Gasteiger partial charge in [0, 0.05) is 31.9 Å². The van der Waals surface area contributed by atoms with Crippen molar-refractivity contribution >= 4 is 10.0 Å². The lowest BCUT2D eigenvalue weighted by Gasteiger charge is -2.12. The van der Waals surface area contributed by atoms with Crippen LogP contribution in [0.4, 0.5) is 0 Å². The molecule has 25 heavy (non-hydrogen) atoms. The van der Waals surface area contributed by atoms with E-state index in [1.54, 1.807) is 0 Å². The molecule has 130 valence electrons. The van der Waals surface area contributed by atoms with Crippen LogP contribution in [-0.2, 0) is 16.6 Å². The molecule has 9 heteroatoms. The summed E-state index contributed by atoms with van der Waals surface area (Å²) in [5.74, 6) is 0.543. The van der Waals surface area contributed by atoms with Crippen molar-refractivity contribution in [3.8, 4) is 11.5 Å². The lowest BCUT2D eigenvalue weighted by molar-refractivity contribution is 0.481. The first kappa shape index (κ1) is 17.1. The quantitative estimate of drug-likeness (QED) is 0.678. The van der Waals surface area contributed by atoms with Crippen LogP contribution in [0.15, 0.2) is 62.8 Å². The highest BCUT2D eigenvalue weighted by molar-refractivity contribution is 7.89. The molecule has 0 saturated heterocycles. The van der Waals surface area contributed by atoms with Crippen LogP contribution in [0.2, 0.25) is 0 Å². The van der Waals surface area contributed by atoms with Crippen molar-refractivity contribution in [1.29, 1.82) is 0 Å². The Hall–Kier alpha value is -2.78. The van der Waals surface area contributed by atoms with Crippen LogP contribution in [0, 0.1) is 0 Å². The topological polar surface area (TPSA) is 98.3 Å². The summed E-state index contributed by atoms with van der Waals surface area (Å²) in [6.45, 7) is -0.0184. The predicted molar refractivity (Wildman–Crippen MR) is 90.4 cm³/mol. The average molecular weight is 360 g/mol. The first-order chi connectivity index (χ1) is 11.9. The van der Waals surface area contributed by atoms with Gasteiger partial charge in [0.05, 0.1) is 4.90 Å². The SMILES string of the molecule is CN(C)S(=O)(=O)c1ccc(=O)n(Cc2nnc(-c3ccccc3)o2)c1. The van der Waals surface area contributed by atoms with Crippen molar-refractivity contribution in [1.82, 2.24) is 19.1 Å². The van der Waals surface area contributed by atoms with Crippen molar-refractivity contribution < 1.29 is 12.8 Å². The summed E-state index contributed by atoms with van der Waals surface area (Å²) in [7, 11) is -0.788. The molecule has 0 amide bonds. The first-order valence-corrected chi connectivity index (χ1v) is 8.83. The highest BCUT2D eigenvalue weighted by Crippen LogP contribution is 2.17. The molecule has 2 heterocycles. The fourth-order valence-corrected chi connectivity index (χ4v) is 3.08. The van der Waals surface area contributed by atoms with E-state index < -0.39 is 10.0 Å². The molecule has 0 saturated carbocycles. The number of hydrogen-bond donors (Lipinski definition) is 0. The van der Waals surface area contributed by atoms with E-state index >= 15 is 0 Å². The maximum Gasteiger partial charge on any atom is 0.251 e. The molecule has 1 aromatic carbocycles. The van der Waals surface area contributed by atoms with Crippen molar-refractivity contribution in [2.45, 2.75) is 11.4 Å². The molecule has 0 aliphatic rings. The summed E-state index contributed by atoms with van der Waals surface area (Å²) >= 11 is 0. The van der Waals surface area contributed by atoms with Crippen molar-refractivity contribution in [3.63, 3.8) is 0 Å². The van der Waals surface area contributed by atoms with Gasteiger partial charge in [-0.25, -0.2) is 12.7 Å². The Kier molecular flexibility index (Phi) is 4.51. The van der Waals surface area contributed by atoms with E-state index in [2.05, 4.69) is 10.2 Å². The standard InChI is InChI=1S/C16H16N4O4S/c1-19(2)25(22,23)13-8-9-15(21)20(10-13)11-14-17-18-16(24-14)12-6-4-3-5-7-12/h3-10H,11H2,1-2H3. The van der Waals surface area contributed by atoms with Gasteiger partial charge in [-0.15, -0.1) is 10.2 Å². The number of benzene rings is 1. The summed E-state index contributed by atoms with van der Waals surface area (Å²) < 4.78 is 32.3. The second kappa shape index (κ2) is 6.61. The summed E-state index contributed by atoms with van der Waals surface area (Å²) in [5.41, 5.74) is 0.398. The second-order valence-corrected chi connectivity index (χ2v) is 7.64. The Morgan fingerprint density at radius 3 is 2.48 bits per heavy atom. The van der Waals surface area contributed by atoms with Gasteiger partial charge >= 0.3 is 0 Å². The summed E-state index contributed by atoms with van der Waals surface area (Å²) in [4.78, 5) is 12.0. The van der Waals surface area contributed by atoms with E-state index in [0.717, 1.165) is 9.87 Å². The van der Waals surface area contributed by atoms with Crippen LogP contribution in [0.3, 0.4) is 0 Å². The lowest BCUT2D eigenvalue weighted by atomic mass is 10.2. The molecule has 0 N–H and O–H groups in total. The molecular formula is C16H16N4O4S. The molecule has 0 spiro atoms. The fraction of sp³-hybridized carbons (Fsp3) is 0.188. The molecule has 0 bridgehead atoms. The van der Waals surface area contributed by atoms with Crippen LogP contribution in [0.25, 0.3) is 11.5 Å². The Balaban J connectivity index is 1.91. The highest BCUT2D eigenvalue weighted by atomic mass is 32.2. The minimum absolute atomic E-state index is 0.0138. The minimum Gasteiger partial charge on any atom is -0.419 e. The monoisotopic (exact) mass is 360 g/mol. The zero-order valence-corrected chi connectivity index (χ0v) is 14.5. The molecule has 0 fully saturated rings. The van der Waals surface area contributed by atoms with Crippen molar-refractivity contribution in [2.24, 2.45) is 0 Å². The number of hydrogen-bond acceptors (Lipinski definition) is 6. The molecule has 0 aliphatic heterocycles. The van der Waals surface area contributed by atoms with Crippen LogP contribution >= 0.6 is 0 Å². The molecule has 0 atom stereocenters. The third-order valence-corrected chi connectivity index (χ3v) is 5.33. The van der Waals surface area contributed by atoms with Gasteiger partial charge in [-0.05, 0) is 18.2 Å². The Morgan fingerprint density at radius 2 is 1.80 bits per heavy atom. The Morgan fingerprint density at radius 1 is 1.08 bits per heavy atom. The molecule has 3 rings (SSSR count). The maximum absolute atomic E-state index is 12.2. The average Bonchev–Trinajstić information content (AvgIpc) is 3.06. The van der Waals surface area contributed by atoms with Gasteiger partial charge < -0.3 is 8.98 Å². The number of rotatable bonds is 5. The van der Waals surface area contributed by atoms with Gasteiger partial charge in [-0.1, -0.05) is 18.2 Å². The van der Waals surface area contributed by atoms with Gasteiger partial charge in [-0.2, -0.15) is 0 Å². The summed E-state index contributed by atoms with van der Waals surface area (Å²) in [6.07, 6.45) is 1.27. The number of pyridine rings is 1. The Bertz CT molecular complexity index is 1040. The van der Waals surface area contributed by atoms with Crippen LogP contribution in [0.5, 0.6) is 0 Å². The van der Waals surface area contributed by atoms with E-state index in [4.69, 9.17) is 4.42 Å². The first-order valence-electron chi connectivity index (χ1n) is 7.39. The van der Waals surface area contributed by atoms with E-state index in [9.17, 15) is 13.2 Å². The van der Waals surface area contributed by atoms with Gasteiger partial charge in [0.25, 0.3) is 5.56 Å². The molecule has 0 radical (unpaired) electrons. The van der Waals surface area contributed by atoms with Crippen molar-refractivity contribution in [3.05, 3.63) is 64.9 Å². The van der Waals surface area contributed by atoms with E-state index in [0.29, 0.717) is 5.89 Å². The highest BCUT2D eigenvalue weighted by Gasteiger charge is 2.19. The maximum atomic E-state index is 12.2. The molecule has 2 aromatic heterocycles. The zero-order chi connectivity index (χ0) is 18.0. The van der Waals surface area contributed by atoms with Crippen LogP contribution in [0.1, 0.15) is 5.89 Å². The van der Waals surface area contributed by atoms with Crippen LogP contribution < -0.4 is 5.56 Å². The van der Waals surface area contributed by atoms with E-state index in [1.165, 1.54) is 37.0 Å². The summed E-state index contributed by atoms with van der Waals surface area (Å²) in [5, 5.41) is 7.87. The number of nitrogens with zero attached hydrogens (tertiary/aromatic N) is 4. The third-order valence-electron chi connectivity index (χ3n) is 3.53. The summed E-state index contributed by atoms with van der Waals surface area (Å²) in [6, 6.07) is 11.7. The lowest BCUT2D eigenvalue weighted by Crippen LogP contribution is -2.26. The van der Waals surface area contributed by atoms with Gasteiger partial charge in [0.15, 0.2) is 0 Å². The fourth-order valence-electron chi connectivity index (χ4n) is 2.16. The Labute approximate surface area is 144 Å². The largest absolute Gasteiger partial charge is 0.419 e. The molecular weight excluding hydrogens is 344 g/mol. The second-order valence-electron chi connectivity index (χ2n) is 5.49. The van der Waals surface area contributed by atoms with Crippen molar-refractivity contribution in [2.75, 3.05) is 14.1 Å². The third kappa shape index (κ3) is 3.52. The van der Waals surface area contributed by atoms with E-state index in [1.807, 2.05) is 30.3 Å². The number of aromatic nitrogens is 3. The molecule has 0 unspecified atom stereocenters. The predicted octanol–water partition coefficient (Wildman–Crippen LogP) is 1.20. The zero-order valence-electron chi connectivity index (χ0n) is 13.7. The van der Waals surface area contributed by atoms with Crippen LogP contribution in [-0.4, -0.2) is 41.6 Å². The van der Waals surface area contributed by atoms with Gasteiger partial charge in [0.2, 0.25) is 21.8 Å². The van der Waals surface area contributed by atoms with Gasteiger partial charge in [0.1, 0.15) is 6.54 Å². The smallest absolute Gasteiger partial charge is 0.251 e. The van der Waals surface area contributed by atoms with Gasteiger partial charge in [-0.3, -0.25) is 4.79 Å². The molecule has 3 aromatic rings. The normalized spacial score (nSPS) is 11.8. The molecule has 0 aliphatic carbocycles. The van der Waals surface area contributed by atoms with E-state index in [-0.39, 0.29) is 22.9 Å².